The summed E-state index contributed by atoms with van der Waals surface area (Å²) in [6.45, 7) is 5.56. The van der Waals surface area contributed by atoms with Gasteiger partial charge in [-0.1, -0.05) is 25.1 Å². The van der Waals surface area contributed by atoms with Gasteiger partial charge in [0.05, 0.1) is 11.7 Å². The maximum Gasteiger partial charge on any atom is 0.125 e. The first-order valence-electron chi connectivity index (χ1n) is 5.58. The normalized spacial score (nSPS) is 16.6. The summed E-state index contributed by atoms with van der Waals surface area (Å²) in [6, 6.07) is 7.32. The molecular formula is C13H20O3. The Morgan fingerprint density at radius 3 is 2.56 bits per heavy atom. The predicted molar refractivity (Wildman–Crippen MR) is 63.5 cm³/mol. The van der Waals surface area contributed by atoms with Crippen molar-refractivity contribution in [2.75, 3.05) is 6.61 Å². The third kappa shape index (κ3) is 3.51. The largest absolute Gasteiger partial charge is 0.490 e. The fraction of sp³-hybridized carbons (Fsp3) is 0.538. The Labute approximate surface area is 96.7 Å². The Morgan fingerprint density at radius 1 is 1.38 bits per heavy atom. The highest BCUT2D eigenvalue weighted by Crippen LogP contribution is 2.25. The van der Waals surface area contributed by atoms with Crippen LogP contribution in [0.25, 0.3) is 0 Å². The van der Waals surface area contributed by atoms with Crippen LogP contribution in [0.2, 0.25) is 0 Å². The summed E-state index contributed by atoms with van der Waals surface area (Å²) in [5, 5.41) is 19.4. The molecule has 2 atom stereocenters. The van der Waals surface area contributed by atoms with E-state index >= 15 is 0 Å². The summed E-state index contributed by atoms with van der Waals surface area (Å²) in [4.78, 5) is 0. The van der Waals surface area contributed by atoms with Crippen LogP contribution >= 0.6 is 0 Å². The van der Waals surface area contributed by atoms with Crippen molar-refractivity contribution in [2.24, 2.45) is 0 Å². The minimum Gasteiger partial charge on any atom is -0.490 e. The number of aliphatic hydroxyl groups is 2. The highest BCUT2D eigenvalue weighted by Gasteiger charge is 2.19. The van der Waals surface area contributed by atoms with Gasteiger partial charge in [0.15, 0.2) is 0 Å². The lowest BCUT2D eigenvalue weighted by atomic mass is 10.1. The fourth-order valence-electron chi connectivity index (χ4n) is 1.29. The maximum atomic E-state index is 9.83. The molecule has 0 aliphatic heterocycles. The fourth-order valence-corrected chi connectivity index (χ4v) is 1.29. The molecule has 2 N–H and O–H groups in total. The van der Waals surface area contributed by atoms with E-state index in [-0.39, 0.29) is 6.61 Å². The summed E-state index contributed by atoms with van der Waals surface area (Å²) >= 11 is 0. The first-order valence-corrected chi connectivity index (χ1v) is 5.58. The van der Waals surface area contributed by atoms with Gasteiger partial charge in [0.25, 0.3) is 0 Å². The van der Waals surface area contributed by atoms with E-state index in [9.17, 15) is 10.2 Å². The summed E-state index contributed by atoms with van der Waals surface area (Å²) in [5.41, 5.74) is -0.0828. The highest BCUT2D eigenvalue weighted by molar-refractivity contribution is 5.34. The first-order chi connectivity index (χ1) is 7.46. The molecule has 0 saturated carbocycles. The molecule has 90 valence electrons. The molecule has 1 aromatic rings. The quantitative estimate of drug-likeness (QED) is 0.806. The first kappa shape index (κ1) is 13.0. The molecule has 0 spiro atoms. The molecule has 0 saturated heterocycles. The van der Waals surface area contributed by atoms with E-state index in [1.54, 1.807) is 19.9 Å². The van der Waals surface area contributed by atoms with Gasteiger partial charge in [-0.3, -0.25) is 0 Å². The van der Waals surface area contributed by atoms with Crippen molar-refractivity contribution in [3.8, 4) is 5.75 Å². The molecular weight excluding hydrogens is 204 g/mol. The third-order valence-electron chi connectivity index (χ3n) is 2.67. The second-order valence-corrected chi connectivity index (χ2v) is 4.35. The van der Waals surface area contributed by atoms with Gasteiger partial charge < -0.3 is 14.9 Å². The van der Waals surface area contributed by atoms with Crippen LogP contribution in [-0.2, 0) is 0 Å². The second kappa shape index (κ2) is 5.32. The van der Waals surface area contributed by atoms with Gasteiger partial charge in [-0.25, -0.2) is 0 Å². The van der Waals surface area contributed by atoms with Gasteiger partial charge >= 0.3 is 0 Å². The van der Waals surface area contributed by atoms with Gasteiger partial charge in [0.2, 0.25) is 0 Å². The van der Waals surface area contributed by atoms with Crippen LogP contribution in [0.1, 0.15) is 38.9 Å². The Morgan fingerprint density at radius 2 is 2.00 bits per heavy atom. The van der Waals surface area contributed by atoms with E-state index in [0.29, 0.717) is 12.2 Å². The van der Waals surface area contributed by atoms with E-state index in [4.69, 9.17) is 4.74 Å². The summed E-state index contributed by atoms with van der Waals surface area (Å²) in [5.74, 6) is 0.631. The molecule has 1 unspecified atom stereocenters. The Bertz CT molecular complexity index is 332. The molecule has 1 aromatic carbocycles. The average Bonchev–Trinajstić information content (AvgIpc) is 2.27. The molecule has 0 radical (unpaired) electrons. The van der Waals surface area contributed by atoms with Gasteiger partial charge in [-0.15, -0.1) is 0 Å². The molecule has 0 bridgehead atoms. The highest BCUT2D eigenvalue weighted by atomic mass is 16.5. The summed E-state index contributed by atoms with van der Waals surface area (Å²) < 4.78 is 5.54. The van der Waals surface area contributed by atoms with Crippen LogP contribution < -0.4 is 4.74 Å². The van der Waals surface area contributed by atoms with Crippen molar-refractivity contribution >= 4 is 0 Å². The number of rotatable bonds is 5. The topological polar surface area (TPSA) is 49.7 Å². The summed E-state index contributed by atoms with van der Waals surface area (Å²) in [7, 11) is 0. The zero-order valence-electron chi connectivity index (χ0n) is 10.1. The minimum absolute atomic E-state index is 0.229. The van der Waals surface area contributed by atoms with E-state index in [1.165, 1.54) is 0 Å². The van der Waals surface area contributed by atoms with Gasteiger partial charge in [0.1, 0.15) is 12.4 Å². The third-order valence-corrected chi connectivity index (χ3v) is 2.67. The molecule has 3 heteroatoms. The minimum atomic E-state index is -0.828. The Kier molecular flexibility index (Phi) is 4.33. The average molecular weight is 224 g/mol. The van der Waals surface area contributed by atoms with Gasteiger partial charge in [-0.05, 0) is 26.3 Å². The Balaban J connectivity index is 2.74. The SMILES string of the molecule is CCC(C)(O)COc1ccccc1[C@@H](C)O. The lowest BCUT2D eigenvalue weighted by Crippen LogP contribution is -2.31. The molecule has 0 heterocycles. The molecule has 16 heavy (non-hydrogen) atoms. The van der Waals surface area contributed by atoms with Crippen molar-refractivity contribution < 1.29 is 14.9 Å². The molecule has 0 aliphatic rings. The van der Waals surface area contributed by atoms with Crippen molar-refractivity contribution in [1.82, 2.24) is 0 Å². The summed E-state index contributed by atoms with van der Waals surface area (Å²) in [6.07, 6.45) is 0.0619. The van der Waals surface area contributed by atoms with Crippen molar-refractivity contribution in [3.63, 3.8) is 0 Å². The lowest BCUT2D eigenvalue weighted by molar-refractivity contribution is 0.00746. The van der Waals surface area contributed by atoms with Crippen molar-refractivity contribution in [2.45, 2.75) is 38.9 Å². The number of para-hydroxylation sites is 1. The van der Waals surface area contributed by atoms with E-state index < -0.39 is 11.7 Å². The van der Waals surface area contributed by atoms with Crippen LogP contribution in [0.15, 0.2) is 24.3 Å². The number of hydrogen-bond acceptors (Lipinski definition) is 3. The number of ether oxygens (including phenoxy) is 1. The van der Waals surface area contributed by atoms with Gasteiger partial charge in [0, 0.05) is 5.56 Å². The lowest BCUT2D eigenvalue weighted by Gasteiger charge is -2.22. The zero-order chi connectivity index (χ0) is 12.2. The number of hydrogen-bond donors (Lipinski definition) is 2. The van der Waals surface area contributed by atoms with E-state index in [0.717, 1.165) is 5.56 Å². The molecule has 1 rings (SSSR count). The van der Waals surface area contributed by atoms with E-state index in [1.807, 2.05) is 25.1 Å². The second-order valence-electron chi connectivity index (χ2n) is 4.35. The number of benzene rings is 1. The van der Waals surface area contributed by atoms with Gasteiger partial charge in [-0.2, -0.15) is 0 Å². The number of aliphatic hydroxyl groups excluding tert-OH is 1. The van der Waals surface area contributed by atoms with Crippen molar-refractivity contribution in [3.05, 3.63) is 29.8 Å². The molecule has 3 nitrogen and oxygen atoms in total. The molecule has 0 amide bonds. The van der Waals surface area contributed by atoms with Crippen molar-refractivity contribution in [1.29, 1.82) is 0 Å². The van der Waals surface area contributed by atoms with Crippen LogP contribution in [0.4, 0.5) is 0 Å². The standard InChI is InChI=1S/C13H20O3/c1-4-13(3,15)9-16-12-8-6-5-7-11(12)10(2)14/h5-8,10,14-15H,4,9H2,1-3H3/t10-,13?/m1/s1. The molecule has 0 fully saturated rings. The zero-order valence-corrected chi connectivity index (χ0v) is 10.1. The maximum absolute atomic E-state index is 9.83. The van der Waals surface area contributed by atoms with Crippen LogP contribution in [-0.4, -0.2) is 22.4 Å². The van der Waals surface area contributed by atoms with Crippen LogP contribution in [0, 0.1) is 0 Å². The van der Waals surface area contributed by atoms with Crippen LogP contribution in [0.5, 0.6) is 5.75 Å². The molecule has 0 aliphatic carbocycles. The smallest absolute Gasteiger partial charge is 0.125 e. The Hall–Kier alpha value is -1.06. The molecule has 0 aromatic heterocycles. The predicted octanol–water partition coefficient (Wildman–Crippen LogP) is 2.28. The van der Waals surface area contributed by atoms with E-state index in [2.05, 4.69) is 0 Å². The van der Waals surface area contributed by atoms with Crippen LogP contribution in [0.3, 0.4) is 0 Å². The monoisotopic (exact) mass is 224 g/mol.